The lowest BCUT2D eigenvalue weighted by molar-refractivity contribution is -0.120. The molecule has 2 rings (SSSR count). The van der Waals surface area contributed by atoms with E-state index < -0.39 is 0 Å². The zero-order chi connectivity index (χ0) is 14.4. The van der Waals surface area contributed by atoms with E-state index in [-0.39, 0.29) is 18.4 Å². The van der Waals surface area contributed by atoms with Crippen LogP contribution >= 0.6 is 0 Å². The minimum atomic E-state index is -0.330. The van der Waals surface area contributed by atoms with Gasteiger partial charge in [-0.1, -0.05) is 30.3 Å². The number of rotatable bonds is 5. The molecule has 0 aliphatic carbocycles. The predicted molar refractivity (Wildman–Crippen MR) is 75.0 cm³/mol. The third-order valence-electron chi connectivity index (χ3n) is 2.73. The molecule has 2 aromatic rings. The molecule has 6 nitrogen and oxygen atoms in total. The summed E-state index contributed by atoms with van der Waals surface area (Å²) in [6.45, 7) is 2.31. The number of benzene rings is 1. The van der Waals surface area contributed by atoms with Crippen LogP contribution in [0.4, 0.5) is 0 Å². The fourth-order valence-electron chi connectivity index (χ4n) is 1.80. The number of nitrogens with zero attached hydrogens (tertiary/aromatic N) is 1. The maximum atomic E-state index is 12.1. The molecule has 0 aliphatic heterocycles. The van der Waals surface area contributed by atoms with Gasteiger partial charge in [0.05, 0.1) is 24.0 Å². The largest absolute Gasteiger partial charge is 0.355 e. The molecule has 0 saturated carbocycles. The van der Waals surface area contributed by atoms with E-state index in [2.05, 4.69) is 20.8 Å². The Labute approximate surface area is 116 Å². The molecule has 1 heterocycles. The lowest BCUT2D eigenvalue weighted by Crippen LogP contribution is -2.36. The quantitative estimate of drug-likeness (QED) is 0.757. The molecule has 0 aliphatic rings. The van der Waals surface area contributed by atoms with Crippen LogP contribution in [-0.2, 0) is 4.79 Å². The van der Waals surface area contributed by atoms with Gasteiger partial charge in [0.2, 0.25) is 5.91 Å². The predicted octanol–water partition coefficient (Wildman–Crippen LogP) is 0.943. The van der Waals surface area contributed by atoms with Crippen molar-refractivity contribution in [3.8, 4) is 11.3 Å². The third-order valence-corrected chi connectivity index (χ3v) is 2.73. The molecule has 0 bridgehead atoms. The van der Waals surface area contributed by atoms with Crippen molar-refractivity contribution in [3.63, 3.8) is 0 Å². The van der Waals surface area contributed by atoms with Gasteiger partial charge in [0.25, 0.3) is 5.91 Å². The first-order chi connectivity index (χ1) is 9.72. The van der Waals surface area contributed by atoms with Crippen LogP contribution in [0.3, 0.4) is 0 Å². The molecule has 0 spiro atoms. The Hall–Kier alpha value is -2.63. The molecule has 3 N–H and O–H groups in total. The number of H-pyrrole nitrogens is 1. The molecular weight excluding hydrogens is 256 g/mol. The van der Waals surface area contributed by atoms with Crippen LogP contribution in [0.5, 0.6) is 0 Å². The Bertz CT molecular complexity index is 592. The van der Waals surface area contributed by atoms with Crippen molar-refractivity contribution < 1.29 is 9.59 Å². The number of aromatic nitrogens is 2. The summed E-state index contributed by atoms with van der Waals surface area (Å²) in [6, 6.07) is 9.43. The molecule has 1 aromatic heterocycles. The number of nitrogens with one attached hydrogen (secondary N) is 3. The van der Waals surface area contributed by atoms with Gasteiger partial charge in [0, 0.05) is 12.1 Å². The Kier molecular flexibility index (Phi) is 4.49. The summed E-state index contributed by atoms with van der Waals surface area (Å²) >= 11 is 0. The smallest absolute Gasteiger partial charge is 0.255 e. The number of aromatic amines is 1. The van der Waals surface area contributed by atoms with Gasteiger partial charge in [-0.15, -0.1) is 0 Å². The average Bonchev–Trinajstić information content (AvgIpc) is 2.95. The van der Waals surface area contributed by atoms with Crippen LogP contribution in [0.25, 0.3) is 11.3 Å². The lowest BCUT2D eigenvalue weighted by atomic mass is 10.1. The Morgan fingerprint density at radius 3 is 2.65 bits per heavy atom. The van der Waals surface area contributed by atoms with E-state index in [0.29, 0.717) is 17.8 Å². The summed E-state index contributed by atoms with van der Waals surface area (Å²) in [5, 5.41) is 11.9. The molecule has 0 atom stereocenters. The molecule has 1 aromatic carbocycles. The molecule has 0 saturated heterocycles. The Morgan fingerprint density at radius 1 is 1.20 bits per heavy atom. The van der Waals surface area contributed by atoms with Crippen molar-refractivity contribution in [1.82, 2.24) is 20.8 Å². The SMILES string of the molecule is CCNC(=O)CNC(=O)c1cn[nH]c1-c1ccccc1. The van der Waals surface area contributed by atoms with E-state index in [0.717, 1.165) is 5.56 Å². The maximum absolute atomic E-state index is 12.1. The molecular formula is C14H16N4O2. The Balaban J connectivity index is 2.08. The molecule has 0 fully saturated rings. The van der Waals surface area contributed by atoms with Crippen molar-refractivity contribution in [2.24, 2.45) is 0 Å². The second-order valence-electron chi connectivity index (χ2n) is 4.16. The maximum Gasteiger partial charge on any atom is 0.255 e. The monoisotopic (exact) mass is 272 g/mol. The van der Waals surface area contributed by atoms with Gasteiger partial charge >= 0.3 is 0 Å². The number of hydrogen-bond donors (Lipinski definition) is 3. The van der Waals surface area contributed by atoms with E-state index in [1.165, 1.54) is 6.20 Å². The minimum Gasteiger partial charge on any atom is -0.355 e. The van der Waals surface area contributed by atoms with Gasteiger partial charge in [0.15, 0.2) is 0 Å². The van der Waals surface area contributed by atoms with E-state index >= 15 is 0 Å². The highest BCUT2D eigenvalue weighted by molar-refractivity contribution is 6.01. The van der Waals surface area contributed by atoms with Crippen molar-refractivity contribution in [2.75, 3.05) is 13.1 Å². The van der Waals surface area contributed by atoms with Crippen molar-refractivity contribution >= 4 is 11.8 Å². The molecule has 104 valence electrons. The first-order valence-electron chi connectivity index (χ1n) is 6.36. The Morgan fingerprint density at radius 2 is 1.95 bits per heavy atom. The number of likely N-dealkylation sites (N-methyl/N-ethyl adjacent to an activating group) is 1. The summed E-state index contributed by atoms with van der Waals surface area (Å²) in [7, 11) is 0. The van der Waals surface area contributed by atoms with Crippen LogP contribution in [0.1, 0.15) is 17.3 Å². The molecule has 6 heteroatoms. The van der Waals surface area contributed by atoms with Crippen LogP contribution in [0.15, 0.2) is 36.5 Å². The van der Waals surface area contributed by atoms with Crippen LogP contribution in [-0.4, -0.2) is 35.1 Å². The highest BCUT2D eigenvalue weighted by Crippen LogP contribution is 2.20. The standard InChI is InChI=1S/C14H16N4O2/c1-2-15-12(19)9-16-14(20)11-8-17-18-13(11)10-6-4-3-5-7-10/h3-8H,2,9H2,1H3,(H,15,19)(H,16,20)(H,17,18). The van der Waals surface area contributed by atoms with E-state index in [1.807, 2.05) is 37.3 Å². The zero-order valence-corrected chi connectivity index (χ0v) is 11.1. The number of carbonyl (C=O) groups is 2. The lowest BCUT2D eigenvalue weighted by Gasteiger charge is -2.06. The highest BCUT2D eigenvalue weighted by Gasteiger charge is 2.15. The summed E-state index contributed by atoms with van der Waals surface area (Å²) < 4.78 is 0. The van der Waals surface area contributed by atoms with E-state index in [9.17, 15) is 9.59 Å². The molecule has 0 radical (unpaired) electrons. The van der Waals surface area contributed by atoms with Gasteiger partial charge in [0.1, 0.15) is 0 Å². The highest BCUT2D eigenvalue weighted by atomic mass is 16.2. The number of amides is 2. The first kappa shape index (κ1) is 13.8. The van der Waals surface area contributed by atoms with Crippen LogP contribution in [0, 0.1) is 0 Å². The van der Waals surface area contributed by atoms with Crippen LogP contribution in [0.2, 0.25) is 0 Å². The molecule has 20 heavy (non-hydrogen) atoms. The fourth-order valence-corrected chi connectivity index (χ4v) is 1.80. The number of hydrogen-bond acceptors (Lipinski definition) is 3. The first-order valence-corrected chi connectivity index (χ1v) is 6.36. The second-order valence-corrected chi connectivity index (χ2v) is 4.16. The van der Waals surface area contributed by atoms with Gasteiger partial charge in [-0.3, -0.25) is 14.7 Å². The summed E-state index contributed by atoms with van der Waals surface area (Å²) in [6.07, 6.45) is 1.45. The summed E-state index contributed by atoms with van der Waals surface area (Å²) in [4.78, 5) is 23.4. The zero-order valence-electron chi connectivity index (χ0n) is 11.1. The third kappa shape index (κ3) is 3.23. The van der Waals surface area contributed by atoms with E-state index in [1.54, 1.807) is 0 Å². The minimum absolute atomic E-state index is 0.0495. The fraction of sp³-hybridized carbons (Fsp3) is 0.214. The topological polar surface area (TPSA) is 86.9 Å². The van der Waals surface area contributed by atoms with Gasteiger partial charge in [-0.05, 0) is 6.92 Å². The second kappa shape index (κ2) is 6.51. The van der Waals surface area contributed by atoms with Gasteiger partial charge < -0.3 is 10.6 Å². The average molecular weight is 272 g/mol. The van der Waals surface area contributed by atoms with Crippen molar-refractivity contribution in [1.29, 1.82) is 0 Å². The van der Waals surface area contributed by atoms with Crippen molar-refractivity contribution in [2.45, 2.75) is 6.92 Å². The van der Waals surface area contributed by atoms with Gasteiger partial charge in [-0.2, -0.15) is 5.10 Å². The van der Waals surface area contributed by atoms with Crippen LogP contribution < -0.4 is 10.6 Å². The normalized spacial score (nSPS) is 10.1. The molecule has 0 unspecified atom stereocenters. The molecule has 2 amide bonds. The van der Waals surface area contributed by atoms with E-state index in [4.69, 9.17) is 0 Å². The summed E-state index contributed by atoms with van der Waals surface area (Å²) in [5.41, 5.74) is 1.92. The van der Waals surface area contributed by atoms with Crippen molar-refractivity contribution in [3.05, 3.63) is 42.1 Å². The van der Waals surface area contributed by atoms with Gasteiger partial charge in [-0.25, -0.2) is 0 Å². The number of carbonyl (C=O) groups excluding carboxylic acids is 2. The summed E-state index contributed by atoms with van der Waals surface area (Å²) in [5.74, 6) is -0.547.